The van der Waals surface area contributed by atoms with E-state index in [1.807, 2.05) is 10.8 Å². The molecule has 2 aromatic rings. The van der Waals surface area contributed by atoms with Crippen molar-refractivity contribution in [1.82, 2.24) is 4.57 Å². The van der Waals surface area contributed by atoms with E-state index in [-0.39, 0.29) is 5.84 Å². The van der Waals surface area contributed by atoms with E-state index >= 15 is 0 Å². The second kappa shape index (κ2) is 8.47. The van der Waals surface area contributed by atoms with Crippen LogP contribution >= 0.6 is 38.9 Å². The molecule has 8 heteroatoms. The molecule has 1 aromatic carbocycles. The van der Waals surface area contributed by atoms with Crippen molar-refractivity contribution in [2.75, 3.05) is 7.11 Å². The minimum absolute atomic E-state index is 0.267. The Bertz CT molecular complexity index is 864. The van der Waals surface area contributed by atoms with Crippen LogP contribution in [0.5, 0.6) is 5.75 Å². The molecule has 0 saturated carbocycles. The molecule has 126 valence electrons. The Morgan fingerprint density at radius 1 is 1.50 bits per heavy atom. The van der Waals surface area contributed by atoms with Crippen LogP contribution < -0.4 is 9.54 Å². The molecule has 0 saturated heterocycles. The topological polar surface area (TPSA) is 62.7 Å². The van der Waals surface area contributed by atoms with E-state index in [1.165, 1.54) is 11.3 Å². The van der Waals surface area contributed by atoms with Gasteiger partial charge in [-0.3, -0.25) is 0 Å². The van der Waals surface area contributed by atoms with Gasteiger partial charge < -0.3 is 9.30 Å². The van der Waals surface area contributed by atoms with Crippen molar-refractivity contribution in [1.29, 1.82) is 5.26 Å². The van der Waals surface area contributed by atoms with Crippen LogP contribution in [-0.2, 0) is 6.54 Å². The normalized spacial score (nSPS) is 12.5. The van der Waals surface area contributed by atoms with Gasteiger partial charge in [-0.05, 0) is 40.0 Å². The van der Waals surface area contributed by atoms with Crippen LogP contribution in [0.15, 0.2) is 38.2 Å². The lowest BCUT2D eigenvalue weighted by molar-refractivity contribution is 0.414. The summed E-state index contributed by atoms with van der Waals surface area (Å²) in [5.41, 5.74) is 0.576. The number of amidine groups is 1. The van der Waals surface area contributed by atoms with Gasteiger partial charge in [-0.25, -0.2) is 0 Å². The molecule has 1 heterocycles. The molecule has 0 amide bonds. The molecule has 0 spiro atoms. The molecule has 0 aliphatic rings. The number of aliphatic imine (C=N–C) groups is 1. The maximum atomic E-state index is 9.04. The summed E-state index contributed by atoms with van der Waals surface area (Å²) in [7, 11) is 1.55. The highest BCUT2D eigenvalue weighted by Crippen LogP contribution is 2.24. The van der Waals surface area contributed by atoms with Gasteiger partial charge in [0.2, 0.25) is 6.19 Å². The number of hydrogen-bond acceptors (Lipinski definition) is 4. The third-order valence-corrected chi connectivity index (χ3v) is 4.75. The van der Waals surface area contributed by atoms with Crippen LogP contribution in [-0.4, -0.2) is 17.5 Å². The third kappa shape index (κ3) is 4.69. The van der Waals surface area contributed by atoms with Crippen LogP contribution in [0.2, 0.25) is 5.02 Å². The predicted octanol–water partition coefficient (Wildman–Crippen LogP) is 4.46. The molecule has 0 fully saturated rings. The molecular formula is C16H16BrClN4OS. The summed E-state index contributed by atoms with van der Waals surface area (Å²) in [6, 6.07) is 5.14. The molecule has 0 aliphatic heterocycles. The standard InChI is InChI=1S/C16H16BrClN4OS/c1-10(2)7-22-8-14(17)24-16(22)21-15(20-9-19)12-6-11(18)4-5-13(12)23-3/h4-6,8,10H,7H2,1-3H3. The molecular weight excluding hydrogens is 412 g/mol. The van der Waals surface area contributed by atoms with Gasteiger partial charge in [0.1, 0.15) is 5.75 Å². The van der Waals surface area contributed by atoms with E-state index < -0.39 is 0 Å². The number of hydrogen-bond donors (Lipinski definition) is 0. The van der Waals surface area contributed by atoms with Gasteiger partial charge in [0.15, 0.2) is 10.6 Å². The average Bonchev–Trinajstić information content (AvgIpc) is 2.85. The monoisotopic (exact) mass is 426 g/mol. The van der Waals surface area contributed by atoms with Crippen LogP contribution in [0.4, 0.5) is 0 Å². The first-order valence-electron chi connectivity index (χ1n) is 7.15. The Balaban J connectivity index is 2.61. The number of methoxy groups -OCH3 is 1. The van der Waals surface area contributed by atoms with Gasteiger partial charge >= 0.3 is 0 Å². The largest absolute Gasteiger partial charge is 0.496 e. The van der Waals surface area contributed by atoms with Crippen LogP contribution in [0.3, 0.4) is 0 Å². The SMILES string of the molecule is COc1ccc(Cl)cc1C(=NC#N)N=c1sc(Br)cn1CC(C)C. The van der Waals surface area contributed by atoms with E-state index in [1.54, 1.807) is 31.5 Å². The van der Waals surface area contributed by atoms with Gasteiger partial charge in [-0.2, -0.15) is 15.2 Å². The number of halogens is 2. The lowest BCUT2D eigenvalue weighted by atomic mass is 10.2. The fourth-order valence-electron chi connectivity index (χ4n) is 2.10. The zero-order valence-corrected chi connectivity index (χ0v) is 16.6. The lowest BCUT2D eigenvalue weighted by Gasteiger charge is -2.08. The summed E-state index contributed by atoms with van der Waals surface area (Å²) in [6.07, 6.45) is 3.78. The van der Waals surface area contributed by atoms with Gasteiger partial charge in [0.05, 0.1) is 16.5 Å². The van der Waals surface area contributed by atoms with Gasteiger partial charge in [-0.1, -0.05) is 36.8 Å². The van der Waals surface area contributed by atoms with Crippen LogP contribution in [0, 0.1) is 17.4 Å². The highest BCUT2D eigenvalue weighted by atomic mass is 79.9. The first-order valence-corrected chi connectivity index (χ1v) is 9.14. The van der Waals surface area contributed by atoms with Gasteiger partial charge in [0.25, 0.3) is 0 Å². The zero-order valence-electron chi connectivity index (χ0n) is 13.5. The smallest absolute Gasteiger partial charge is 0.207 e. The minimum Gasteiger partial charge on any atom is -0.496 e. The Labute approximate surface area is 158 Å². The van der Waals surface area contributed by atoms with E-state index in [4.69, 9.17) is 21.6 Å². The summed E-state index contributed by atoms with van der Waals surface area (Å²) in [6.45, 7) is 5.08. The molecule has 2 rings (SSSR count). The Hall–Kier alpha value is -1.62. The summed E-state index contributed by atoms with van der Waals surface area (Å²) in [4.78, 5) is 9.19. The third-order valence-electron chi connectivity index (χ3n) is 3.01. The van der Waals surface area contributed by atoms with Crippen molar-refractivity contribution in [2.45, 2.75) is 20.4 Å². The number of rotatable bonds is 4. The highest BCUT2D eigenvalue weighted by Gasteiger charge is 2.12. The highest BCUT2D eigenvalue weighted by molar-refractivity contribution is 9.11. The number of nitriles is 1. The molecule has 0 bridgehead atoms. The van der Waals surface area contributed by atoms with Gasteiger partial charge in [-0.15, -0.1) is 0 Å². The average molecular weight is 428 g/mol. The fraction of sp³-hybridized carbons (Fsp3) is 0.312. The number of benzene rings is 1. The van der Waals surface area contributed by atoms with Crippen molar-refractivity contribution in [3.8, 4) is 11.9 Å². The first kappa shape index (κ1) is 18.7. The number of nitrogens with zero attached hydrogens (tertiary/aromatic N) is 4. The maximum Gasteiger partial charge on any atom is 0.207 e. The summed E-state index contributed by atoms with van der Waals surface area (Å²) in [5.74, 6) is 1.29. The Morgan fingerprint density at radius 3 is 2.88 bits per heavy atom. The lowest BCUT2D eigenvalue weighted by Crippen LogP contribution is -2.19. The minimum atomic E-state index is 0.267. The molecule has 1 aromatic heterocycles. The predicted molar refractivity (Wildman–Crippen MR) is 101 cm³/mol. The summed E-state index contributed by atoms with van der Waals surface area (Å²) in [5, 5.41) is 9.57. The first-order chi connectivity index (χ1) is 11.4. The van der Waals surface area contributed by atoms with Crippen LogP contribution in [0.25, 0.3) is 0 Å². The van der Waals surface area contributed by atoms with Crippen molar-refractivity contribution in [3.63, 3.8) is 0 Å². The summed E-state index contributed by atoms with van der Waals surface area (Å²) < 4.78 is 8.33. The number of thiazole rings is 1. The van der Waals surface area contributed by atoms with E-state index in [0.717, 1.165) is 15.1 Å². The second-order valence-corrected chi connectivity index (χ2v) is 8.18. The molecule has 0 N–H and O–H groups in total. The van der Waals surface area contributed by atoms with Crippen molar-refractivity contribution in [2.24, 2.45) is 15.9 Å². The second-order valence-electron chi connectivity index (χ2n) is 5.36. The van der Waals surface area contributed by atoms with Crippen molar-refractivity contribution < 1.29 is 4.74 Å². The molecule has 0 unspecified atom stereocenters. The maximum absolute atomic E-state index is 9.04. The van der Waals surface area contributed by atoms with Crippen molar-refractivity contribution in [3.05, 3.63) is 43.6 Å². The Kier molecular flexibility index (Phi) is 6.60. The Morgan fingerprint density at radius 2 is 2.25 bits per heavy atom. The van der Waals surface area contributed by atoms with E-state index in [2.05, 4.69) is 39.8 Å². The molecule has 0 aliphatic carbocycles. The van der Waals surface area contributed by atoms with Gasteiger partial charge in [0, 0.05) is 17.8 Å². The quantitative estimate of drug-likeness (QED) is 0.411. The number of ether oxygens (including phenoxy) is 1. The molecule has 0 radical (unpaired) electrons. The van der Waals surface area contributed by atoms with E-state index in [0.29, 0.717) is 22.3 Å². The molecule has 0 atom stereocenters. The zero-order chi connectivity index (χ0) is 17.7. The molecule has 24 heavy (non-hydrogen) atoms. The summed E-state index contributed by atoms with van der Waals surface area (Å²) >= 11 is 11.0. The fourth-order valence-corrected chi connectivity index (χ4v) is 3.68. The van der Waals surface area contributed by atoms with Crippen molar-refractivity contribution >= 4 is 44.7 Å². The van der Waals surface area contributed by atoms with Crippen LogP contribution in [0.1, 0.15) is 19.4 Å². The number of aromatic nitrogens is 1. The molecule has 5 nitrogen and oxygen atoms in total. The van der Waals surface area contributed by atoms with E-state index in [9.17, 15) is 0 Å².